The quantitative estimate of drug-likeness (QED) is 0.208. The number of aromatic nitrogens is 2. The number of hydrogen-bond donors (Lipinski definition) is 7. The highest BCUT2D eigenvalue weighted by Gasteiger charge is 2.27. The van der Waals surface area contributed by atoms with Crippen LogP contribution in [0.25, 0.3) is 0 Å². The molecular weight excluding hydrogens is 376 g/mol. The second-order valence-corrected chi connectivity index (χ2v) is 5.96. The van der Waals surface area contributed by atoms with E-state index >= 15 is 0 Å². The summed E-state index contributed by atoms with van der Waals surface area (Å²) in [5.41, 5.74) is 5.87. The van der Waals surface area contributed by atoms with Crippen molar-refractivity contribution in [3.63, 3.8) is 0 Å². The largest absolute Gasteiger partial charge is 0.480 e. The fraction of sp³-hybridized carbons (Fsp3) is 0.625. The van der Waals surface area contributed by atoms with Crippen LogP contribution in [0.15, 0.2) is 12.5 Å². The Balaban J connectivity index is 0.000000576. The van der Waals surface area contributed by atoms with E-state index in [4.69, 9.17) is 31.3 Å². The molecule has 0 radical (unpaired) electrons. The van der Waals surface area contributed by atoms with Crippen LogP contribution in [-0.2, 0) is 20.8 Å². The van der Waals surface area contributed by atoms with E-state index in [1.807, 2.05) is 0 Å². The number of carboxylic acid groups (broad SMARTS) is 1. The van der Waals surface area contributed by atoms with Crippen molar-refractivity contribution >= 4 is 17.7 Å². The second-order valence-electron chi connectivity index (χ2n) is 5.96. The number of likely N-dealkylation sites (N-methyl/N-ethyl adjacent to an activating group) is 1. The van der Waals surface area contributed by atoms with Crippen molar-refractivity contribution < 1.29 is 39.9 Å². The molecule has 8 N–H and O–H groups in total. The van der Waals surface area contributed by atoms with Gasteiger partial charge in [-0.1, -0.05) is 0 Å². The molecule has 1 aromatic heterocycles. The maximum Gasteiger partial charge on any atom is 0.326 e. The van der Waals surface area contributed by atoms with Gasteiger partial charge >= 0.3 is 5.97 Å². The zero-order valence-electron chi connectivity index (χ0n) is 15.7. The Hall–Kier alpha value is -2.38. The summed E-state index contributed by atoms with van der Waals surface area (Å²) < 4.78 is 0. The van der Waals surface area contributed by atoms with E-state index in [9.17, 15) is 14.4 Å². The first-order valence-corrected chi connectivity index (χ1v) is 8.38. The van der Waals surface area contributed by atoms with Crippen LogP contribution < -0.4 is 5.73 Å². The summed E-state index contributed by atoms with van der Waals surface area (Å²) in [5.74, 6) is -1.98. The van der Waals surface area contributed by atoms with Crippen molar-refractivity contribution in [3.05, 3.63) is 18.2 Å². The Morgan fingerprint density at radius 1 is 1.29 bits per heavy atom. The number of nitrogens with one attached hydrogen (secondary N) is 1. The Labute approximate surface area is 161 Å². The van der Waals surface area contributed by atoms with Crippen LogP contribution in [0.4, 0.5) is 0 Å². The minimum absolute atomic E-state index is 0.140. The minimum atomic E-state index is -1.63. The number of aromatic amines is 1. The molecule has 0 aromatic carbocycles. The highest BCUT2D eigenvalue weighted by Crippen LogP contribution is 2.07. The molecule has 160 valence electrons. The van der Waals surface area contributed by atoms with Gasteiger partial charge < -0.3 is 41.2 Å². The van der Waals surface area contributed by atoms with E-state index in [2.05, 4.69) is 9.97 Å². The molecule has 0 aliphatic heterocycles. The zero-order valence-corrected chi connectivity index (χ0v) is 15.7. The smallest absolute Gasteiger partial charge is 0.326 e. The monoisotopic (exact) mass is 404 g/mol. The summed E-state index contributed by atoms with van der Waals surface area (Å²) >= 11 is 0. The summed E-state index contributed by atoms with van der Waals surface area (Å²) in [6.07, 6.45) is -1.33. The molecule has 0 bridgehead atoms. The van der Waals surface area contributed by atoms with Crippen molar-refractivity contribution in [2.45, 2.75) is 44.1 Å². The number of aliphatic hydroxyl groups is 4. The van der Waals surface area contributed by atoms with Gasteiger partial charge in [-0.2, -0.15) is 0 Å². The lowest BCUT2D eigenvalue weighted by Gasteiger charge is -2.24. The van der Waals surface area contributed by atoms with Gasteiger partial charge in [0.15, 0.2) is 5.78 Å². The Morgan fingerprint density at radius 3 is 2.29 bits per heavy atom. The summed E-state index contributed by atoms with van der Waals surface area (Å²) in [7, 11) is 1.46. The number of carbonyl (C=O) groups is 3. The number of aliphatic hydroxyl groups excluding tert-OH is 4. The third kappa shape index (κ3) is 8.54. The molecular formula is C16H28N4O8. The molecule has 4 unspecified atom stereocenters. The fourth-order valence-electron chi connectivity index (χ4n) is 2.02. The van der Waals surface area contributed by atoms with Gasteiger partial charge in [-0.25, -0.2) is 9.78 Å². The van der Waals surface area contributed by atoms with E-state index in [1.165, 1.54) is 18.3 Å². The van der Waals surface area contributed by atoms with Gasteiger partial charge in [0, 0.05) is 32.6 Å². The predicted octanol–water partition coefficient (Wildman–Crippen LogP) is -3.14. The molecule has 1 heterocycles. The Kier molecular flexibility index (Phi) is 11.8. The topological polar surface area (TPSA) is 210 Å². The Morgan fingerprint density at radius 2 is 1.89 bits per heavy atom. The summed E-state index contributed by atoms with van der Waals surface area (Å²) in [4.78, 5) is 41.0. The highest BCUT2D eigenvalue weighted by molar-refractivity contribution is 5.83. The molecule has 0 aliphatic rings. The van der Waals surface area contributed by atoms with Gasteiger partial charge in [0.05, 0.1) is 18.6 Å². The van der Waals surface area contributed by atoms with Crippen molar-refractivity contribution in [1.82, 2.24) is 14.9 Å². The second kappa shape index (κ2) is 12.9. The van der Waals surface area contributed by atoms with Gasteiger partial charge in [-0.3, -0.25) is 9.59 Å². The maximum absolute atomic E-state index is 11.6. The average molecular weight is 404 g/mol. The van der Waals surface area contributed by atoms with E-state index in [-0.39, 0.29) is 25.3 Å². The van der Waals surface area contributed by atoms with Crippen molar-refractivity contribution in [3.8, 4) is 0 Å². The summed E-state index contributed by atoms with van der Waals surface area (Å²) in [5, 5.41) is 43.8. The molecule has 28 heavy (non-hydrogen) atoms. The number of nitrogens with zero attached hydrogens (tertiary/aromatic N) is 2. The number of rotatable bonds is 10. The lowest BCUT2D eigenvalue weighted by Crippen LogP contribution is -2.44. The molecule has 12 nitrogen and oxygen atoms in total. The van der Waals surface area contributed by atoms with Crippen LogP contribution >= 0.6 is 0 Å². The number of Topliss-reactive ketones (excluding diaryl/α,β-unsaturated/α-hetero) is 1. The first-order chi connectivity index (χ1) is 13.1. The first-order valence-electron chi connectivity index (χ1n) is 8.38. The molecule has 0 aliphatic carbocycles. The molecule has 1 rings (SSSR count). The van der Waals surface area contributed by atoms with Crippen molar-refractivity contribution in [2.75, 3.05) is 20.2 Å². The standard InChI is InChI=1S/C10H16N4O3.C6H12O5/c1-14(9(15)2-3-11)8(10(16)17)4-7-5-12-6-13-7;1-3(8)5(10)6(11)4(9)2-7/h5-6,8H,2-4,11H2,1H3,(H,12,13)(H,16,17);4-7,9-11H,2H2,1H3. The van der Waals surface area contributed by atoms with Crippen LogP contribution in [0.1, 0.15) is 19.0 Å². The number of H-pyrrole nitrogens is 1. The van der Waals surface area contributed by atoms with E-state index < -0.39 is 42.7 Å². The molecule has 0 saturated heterocycles. The van der Waals surface area contributed by atoms with E-state index in [0.717, 1.165) is 6.92 Å². The number of hydrogen-bond acceptors (Lipinski definition) is 9. The lowest BCUT2D eigenvalue weighted by molar-refractivity contribution is -0.148. The third-order valence-electron chi connectivity index (χ3n) is 3.78. The van der Waals surface area contributed by atoms with E-state index in [0.29, 0.717) is 5.69 Å². The van der Waals surface area contributed by atoms with Crippen LogP contribution in [0.2, 0.25) is 0 Å². The Bertz CT molecular complexity index is 610. The van der Waals surface area contributed by atoms with Gasteiger partial charge in [0.2, 0.25) is 5.91 Å². The fourth-order valence-corrected chi connectivity index (χ4v) is 2.02. The van der Waals surface area contributed by atoms with Crippen LogP contribution in [-0.4, -0.2) is 103 Å². The summed E-state index contributed by atoms with van der Waals surface area (Å²) in [6, 6.07) is -0.919. The van der Waals surface area contributed by atoms with E-state index in [1.54, 1.807) is 6.20 Å². The van der Waals surface area contributed by atoms with Crippen LogP contribution in [0.3, 0.4) is 0 Å². The van der Waals surface area contributed by atoms with Gasteiger partial charge in [-0.15, -0.1) is 0 Å². The number of carbonyl (C=O) groups excluding carboxylic acids is 2. The van der Waals surface area contributed by atoms with Crippen LogP contribution in [0.5, 0.6) is 0 Å². The number of aliphatic carboxylic acids is 1. The zero-order chi connectivity index (χ0) is 21.9. The van der Waals surface area contributed by atoms with Crippen molar-refractivity contribution in [2.24, 2.45) is 5.73 Å². The minimum Gasteiger partial charge on any atom is -0.480 e. The highest BCUT2D eigenvalue weighted by atomic mass is 16.4. The van der Waals surface area contributed by atoms with Gasteiger partial charge in [-0.05, 0) is 6.92 Å². The molecule has 1 aromatic rings. The number of imidazole rings is 1. The molecule has 0 fully saturated rings. The number of ketones is 1. The third-order valence-corrected chi connectivity index (χ3v) is 3.78. The summed E-state index contributed by atoms with van der Waals surface area (Å²) in [6.45, 7) is 0.599. The maximum atomic E-state index is 11.6. The predicted molar refractivity (Wildman–Crippen MR) is 95.9 cm³/mol. The first kappa shape index (κ1) is 25.6. The number of carboxylic acids is 1. The van der Waals surface area contributed by atoms with Gasteiger partial charge in [0.25, 0.3) is 0 Å². The number of nitrogens with two attached hydrogens (primary N) is 1. The molecule has 4 atom stereocenters. The normalized spacial score (nSPS) is 14.8. The molecule has 1 amide bonds. The molecule has 0 spiro atoms. The van der Waals surface area contributed by atoms with Crippen LogP contribution in [0, 0.1) is 0 Å². The molecule has 0 saturated carbocycles. The SMILES string of the molecule is CC(=O)C(O)C(O)C(O)CO.CN(C(=O)CCN)C(Cc1c[nH]cn1)C(=O)O. The number of amides is 1. The molecule has 12 heteroatoms. The van der Waals surface area contributed by atoms with Crippen molar-refractivity contribution in [1.29, 1.82) is 0 Å². The average Bonchev–Trinajstić information content (AvgIpc) is 3.17. The van der Waals surface area contributed by atoms with Gasteiger partial charge in [0.1, 0.15) is 24.4 Å². The lowest BCUT2D eigenvalue weighted by atomic mass is 10.1.